The van der Waals surface area contributed by atoms with Crippen molar-refractivity contribution in [3.63, 3.8) is 0 Å². The van der Waals surface area contributed by atoms with Crippen molar-refractivity contribution in [3.8, 4) is 11.5 Å². The van der Waals surface area contributed by atoms with Gasteiger partial charge in [-0.15, -0.1) is 0 Å². The molecular formula is C15H22O4. The molecule has 0 unspecified atom stereocenters. The number of aliphatic carboxylic acids is 1. The summed E-state index contributed by atoms with van der Waals surface area (Å²) in [5, 5.41) is 18.7. The molecule has 1 aromatic rings. The quantitative estimate of drug-likeness (QED) is 0.859. The van der Waals surface area contributed by atoms with Crippen LogP contribution in [-0.2, 0) is 16.6 Å². The van der Waals surface area contributed by atoms with Gasteiger partial charge >= 0.3 is 5.97 Å². The Balaban J connectivity index is 3.00. The Morgan fingerprint density at radius 2 is 1.95 bits per heavy atom. The molecule has 4 heteroatoms. The number of rotatable bonds is 5. The minimum atomic E-state index is -0.811. The van der Waals surface area contributed by atoms with Gasteiger partial charge < -0.3 is 14.9 Å². The summed E-state index contributed by atoms with van der Waals surface area (Å²) < 4.78 is 5.34. The van der Waals surface area contributed by atoms with Crippen LogP contribution in [-0.4, -0.2) is 23.3 Å². The van der Waals surface area contributed by atoms with Crippen LogP contribution in [0.15, 0.2) is 12.1 Å². The molecule has 0 heterocycles. The fraction of sp³-hybridized carbons (Fsp3) is 0.533. The summed E-state index contributed by atoms with van der Waals surface area (Å²) in [4.78, 5) is 10.5. The van der Waals surface area contributed by atoms with Gasteiger partial charge in [-0.1, -0.05) is 20.8 Å². The third kappa shape index (κ3) is 4.16. The predicted octanol–water partition coefficient (Wildman–Crippen LogP) is 3.11. The second-order valence-electron chi connectivity index (χ2n) is 5.68. The number of phenols is 1. The van der Waals surface area contributed by atoms with Crippen molar-refractivity contribution in [1.29, 1.82) is 0 Å². The molecule has 2 N–H and O–H groups in total. The Morgan fingerprint density at radius 1 is 1.32 bits per heavy atom. The highest BCUT2D eigenvalue weighted by atomic mass is 16.5. The molecule has 0 bridgehead atoms. The monoisotopic (exact) mass is 266 g/mol. The van der Waals surface area contributed by atoms with Crippen molar-refractivity contribution in [3.05, 3.63) is 23.3 Å². The topological polar surface area (TPSA) is 66.8 Å². The van der Waals surface area contributed by atoms with Gasteiger partial charge in [0, 0.05) is 12.0 Å². The molecule has 0 aromatic heterocycles. The summed E-state index contributed by atoms with van der Waals surface area (Å²) >= 11 is 0. The van der Waals surface area contributed by atoms with E-state index in [1.54, 1.807) is 13.2 Å². The van der Waals surface area contributed by atoms with Crippen LogP contribution in [0.1, 0.15) is 44.7 Å². The minimum Gasteiger partial charge on any atom is -0.508 e. The van der Waals surface area contributed by atoms with E-state index < -0.39 is 5.97 Å². The van der Waals surface area contributed by atoms with Crippen molar-refractivity contribution in [1.82, 2.24) is 0 Å². The molecule has 4 nitrogen and oxygen atoms in total. The molecule has 19 heavy (non-hydrogen) atoms. The SMILES string of the molecule is COc1cc(C(C)(C)C)c(O)cc1CCCC(=O)O. The standard InChI is InChI=1S/C15H22O4/c1-15(2,3)11-9-13(19-4)10(8-12(11)16)6-5-7-14(17)18/h8-9,16H,5-7H2,1-4H3,(H,17,18). The summed E-state index contributed by atoms with van der Waals surface area (Å²) in [5.74, 6) is 0.126. The number of methoxy groups -OCH3 is 1. The third-order valence-electron chi connectivity index (χ3n) is 3.04. The number of phenolic OH excluding ortho intramolecular Hbond substituents is 1. The molecule has 0 aliphatic heterocycles. The molecule has 106 valence electrons. The lowest BCUT2D eigenvalue weighted by molar-refractivity contribution is -0.137. The number of carboxylic acid groups (broad SMARTS) is 1. The summed E-state index contributed by atoms with van der Waals surface area (Å²) in [6.07, 6.45) is 1.22. The second kappa shape index (κ2) is 5.95. The Morgan fingerprint density at radius 3 is 2.42 bits per heavy atom. The lowest BCUT2D eigenvalue weighted by Crippen LogP contribution is -2.12. The largest absolute Gasteiger partial charge is 0.508 e. The van der Waals surface area contributed by atoms with E-state index in [-0.39, 0.29) is 17.6 Å². The van der Waals surface area contributed by atoms with E-state index in [0.29, 0.717) is 18.6 Å². The summed E-state index contributed by atoms with van der Waals surface area (Å²) in [6.45, 7) is 6.06. The summed E-state index contributed by atoms with van der Waals surface area (Å²) in [5.41, 5.74) is 1.50. The molecule has 0 radical (unpaired) electrons. The van der Waals surface area contributed by atoms with Crippen LogP contribution in [0.5, 0.6) is 11.5 Å². The number of hydrogen-bond acceptors (Lipinski definition) is 3. The molecule has 0 spiro atoms. The van der Waals surface area contributed by atoms with Gasteiger partial charge in [0.15, 0.2) is 0 Å². The lowest BCUT2D eigenvalue weighted by Gasteiger charge is -2.22. The van der Waals surface area contributed by atoms with E-state index in [0.717, 1.165) is 11.1 Å². The van der Waals surface area contributed by atoms with Crippen molar-refractivity contribution < 1.29 is 19.7 Å². The summed E-state index contributed by atoms with van der Waals surface area (Å²) in [7, 11) is 1.58. The molecule has 0 saturated carbocycles. The van der Waals surface area contributed by atoms with Crippen LogP contribution in [0.25, 0.3) is 0 Å². The van der Waals surface area contributed by atoms with Crippen molar-refractivity contribution in [2.24, 2.45) is 0 Å². The van der Waals surface area contributed by atoms with Crippen LogP contribution < -0.4 is 4.74 Å². The molecule has 0 aliphatic rings. The first-order chi connectivity index (χ1) is 8.75. The average Bonchev–Trinajstić information content (AvgIpc) is 2.27. The Bertz CT molecular complexity index is 458. The Hall–Kier alpha value is -1.71. The maximum atomic E-state index is 10.5. The molecule has 0 amide bonds. The highest BCUT2D eigenvalue weighted by Crippen LogP contribution is 2.36. The van der Waals surface area contributed by atoms with E-state index in [2.05, 4.69) is 0 Å². The molecule has 0 aliphatic carbocycles. The minimum absolute atomic E-state index is 0.116. The fourth-order valence-corrected chi connectivity index (χ4v) is 2.03. The average molecular weight is 266 g/mol. The van der Waals surface area contributed by atoms with E-state index in [4.69, 9.17) is 9.84 Å². The number of aromatic hydroxyl groups is 1. The van der Waals surface area contributed by atoms with Gasteiger partial charge in [0.2, 0.25) is 0 Å². The van der Waals surface area contributed by atoms with Gasteiger partial charge in [0.1, 0.15) is 11.5 Å². The van der Waals surface area contributed by atoms with Gasteiger partial charge in [-0.2, -0.15) is 0 Å². The molecule has 0 atom stereocenters. The number of hydrogen-bond donors (Lipinski definition) is 2. The summed E-state index contributed by atoms with van der Waals surface area (Å²) in [6, 6.07) is 3.52. The van der Waals surface area contributed by atoms with Gasteiger partial charge in [-0.25, -0.2) is 0 Å². The highest BCUT2D eigenvalue weighted by Gasteiger charge is 2.20. The van der Waals surface area contributed by atoms with Crippen LogP contribution in [0.2, 0.25) is 0 Å². The first kappa shape index (κ1) is 15.3. The molecule has 0 fully saturated rings. The van der Waals surface area contributed by atoms with E-state index in [1.807, 2.05) is 26.8 Å². The van der Waals surface area contributed by atoms with Crippen LogP contribution in [0.3, 0.4) is 0 Å². The zero-order valence-corrected chi connectivity index (χ0v) is 12.0. The number of carbonyl (C=O) groups is 1. The predicted molar refractivity (Wildman–Crippen MR) is 73.9 cm³/mol. The van der Waals surface area contributed by atoms with Crippen LogP contribution in [0, 0.1) is 0 Å². The highest BCUT2D eigenvalue weighted by molar-refractivity contribution is 5.66. The Labute approximate surface area is 114 Å². The van der Waals surface area contributed by atoms with Crippen molar-refractivity contribution >= 4 is 5.97 Å². The number of aryl methyl sites for hydroxylation is 1. The van der Waals surface area contributed by atoms with Crippen LogP contribution in [0.4, 0.5) is 0 Å². The molecule has 0 saturated heterocycles. The normalized spacial score (nSPS) is 11.4. The van der Waals surface area contributed by atoms with Gasteiger partial charge in [0.05, 0.1) is 7.11 Å². The first-order valence-electron chi connectivity index (χ1n) is 6.38. The lowest BCUT2D eigenvalue weighted by atomic mass is 9.85. The van der Waals surface area contributed by atoms with Gasteiger partial charge in [-0.3, -0.25) is 4.79 Å². The maximum Gasteiger partial charge on any atom is 0.303 e. The number of benzene rings is 1. The zero-order chi connectivity index (χ0) is 14.6. The van der Waals surface area contributed by atoms with Crippen molar-refractivity contribution in [2.75, 3.05) is 7.11 Å². The van der Waals surface area contributed by atoms with E-state index >= 15 is 0 Å². The van der Waals surface area contributed by atoms with E-state index in [9.17, 15) is 9.90 Å². The number of ether oxygens (including phenoxy) is 1. The smallest absolute Gasteiger partial charge is 0.303 e. The molecule has 1 rings (SSSR count). The second-order valence-corrected chi connectivity index (χ2v) is 5.68. The third-order valence-corrected chi connectivity index (χ3v) is 3.04. The molecular weight excluding hydrogens is 244 g/mol. The first-order valence-corrected chi connectivity index (χ1v) is 6.38. The van der Waals surface area contributed by atoms with Crippen LogP contribution >= 0.6 is 0 Å². The van der Waals surface area contributed by atoms with Gasteiger partial charge in [-0.05, 0) is 36.0 Å². The van der Waals surface area contributed by atoms with E-state index in [1.165, 1.54) is 0 Å². The Kier molecular flexibility index (Phi) is 4.81. The maximum absolute atomic E-state index is 10.5. The fourth-order valence-electron chi connectivity index (χ4n) is 2.03. The van der Waals surface area contributed by atoms with Gasteiger partial charge in [0.25, 0.3) is 0 Å². The number of carboxylic acids is 1. The van der Waals surface area contributed by atoms with Crippen molar-refractivity contribution in [2.45, 2.75) is 45.4 Å². The molecule has 1 aromatic carbocycles. The zero-order valence-electron chi connectivity index (χ0n) is 12.0.